The van der Waals surface area contributed by atoms with Gasteiger partial charge in [0, 0.05) is 24.2 Å². The molecule has 0 fully saturated rings. The van der Waals surface area contributed by atoms with Gasteiger partial charge in [-0.1, -0.05) is 6.07 Å². The lowest BCUT2D eigenvalue weighted by Gasteiger charge is -2.09. The molecule has 0 saturated carbocycles. The van der Waals surface area contributed by atoms with Crippen molar-refractivity contribution in [2.24, 2.45) is 0 Å². The zero-order valence-electron chi connectivity index (χ0n) is 9.70. The molecule has 0 aliphatic rings. The normalized spacial score (nSPS) is 10.0. The summed E-state index contributed by atoms with van der Waals surface area (Å²) < 4.78 is 0. The molecule has 0 heterocycles. The largest absolute Gasteiger partial charge is 0.350 e. The molecule has 2 N–H and O–H groups in total. The number of nitrogens with one attached hydrogen (secondary N) is 2. The first-order valence-corrected chi connectivity index (χ1v) is 5.17. The minimum Gasteiger partial charge on any atom is -0.350 e. The van der Waals surface area contributed by atoms with Gasteiger partial charge in [-0.15, -0.1) is 0 Å². The summed E-state index contributed by atoms with van der Waals surface area (Å²) in [6.45, 7) is 5.23. The maximum absolute atomic E-state index is 11.7. The zero-order valence-corrected chi connectivity index (χ0v) is 9.70. The van der Waals surface area contributed by atoms with Gasteiger partial charge in [-0.2, -0.15) is 0 Å². The van der Waals surface area contributed by atoms with Gasteiger partial charge in [0.1, 0.15) is 0 Å². The third-order valence-corrected chi connectivity index (χ3v) is 1.86. The van der Waals surface area contributed by atoms with Gasteiger partial charge < -0.3 is 10.6 Å². The van der Waals surface area contributed by atoms with E-state index in [4.69, 9.17) is 0 Å². The highest BCUT2D eigenvalue weighted by Crippen LogP contribution is 2.10. The van der Waals surface area contributed by atoms with Crippen LogP contribution in [0.5, 0.6) is 0 Å². The van der Waals surface area contributed by atoms with Crippen molar-refractivity contribution in [3.63, 3.8) is 0 Å². The first-order valence-electron chi connectivity index (χ1n) is 5.17. The molecule has 16 heavy (non-hydrogen) atoms. The maximum Gasteiger partial charge on any atom is 0.251 e. The van der Waals surface area contributed by atoms with Crippen LogP contribution in [0.4, 0.5) is 5.69 Å². The van der Waals surface area contributed by atoms with E-state index >= 15 is 0 Å². The highest BCUT2D eigenvalue weighted by molar-refractivity contribution is 5.96. The monoisotopic (exact) mass is 220 g/mol. The molecular weight excluding hydrogens is 204 g/mol. The molecule has 0 aliphatic heterocycles. The fourth-order valence-corrected chi connectivity index (χ4v) is 1.29. The molecule has 1 aromatic carbocycles. The maximum atomic E-state index is 11.7. The summed E-state index contributed by atoms with van der Waals surface area (Å²) in [6.07, 6.45) is 0. The Morgan fingerprint density at radius 1 is 1.25 bits per heavy atom. The van der Waals surface area contributed by atoms with E-state index in [1.165, 1.54) is 6.92 Å². The van der Waals surface area contributed by atoms with Crippen LogP contribution in [-0.2, 0) is 4.79 Å². The van der Waals surface area contributed by atoms with E-state index in [2.05, 4.69) is 10.6 Å². The third-order valence-electron chi connectivity index (χ3n) is 1.86. The van der Waals surface area contributed by atoms with E-state index in [0.29, 0.717) is 11.3 Å². The predicted octanol–water partition coefficient (Wildman–Crippen LogP) is 1.78. The van der Waals surface area contributed by atoms with Crippen molar-refractivity contribution < 1.29 is 9.59 Å². The van der Waals surface area contributed by atoms with Crippen LogP contribution in [0.15, 0.2) is 24.3 Å². The molecule has 0 saturated heterocycles. The zero-order chi connectivity index (χ0) is 12.1. The summed E-state index contributed by atoms with van der Waals surface area (Å²) in [5, 5.41) is 5.42. The van der Waals surface area contributed by atoms with Crippen molar-refractivity contribution in [3.8, 4) is 0 Å². The Morgan fingerprint density at radius 2 is 1.94 bits per heavy atom. The van der Waals surface area contributed by atoms with E-state index in [1.54, 1.807) is 24.3 Å². The lowest BCUT2D eigenvalue weighted by molar-refractivity contribution is -0.114. The Balaban J connectivity index is 2.81. The Labute approximate surface area is 95.0 Å². The summed E-state index contributed by atoms with van der Waals surface area (Å²) in [7, 11) is 0. The number of amides is 2. The summed E-state index contributed by atoms with van der Waals surface area (Å²) in [5.41, 5.74) is 1.17. The van der Waals surface area contributed by atoms with Crippen molar-refractivity contribution in [3.05, 3.63) is 29.8 Å². The molecule has 2 amide bonds. The molecule has 0 atom stereocenters. The van der Waals surface area contributed by atoms with Gasteiger partial charge in [0.2, 0.25) is 5.91 Å². The first-order chi connectivity index (χ1) is 7.49. The van der Waals surface area contributed by atoms with Crippen LogP contribution in [0.25, 0.3) is 0 Å². The molecule has 0 radical (unpaired) electrons. The van der Waals surface area contributed by atoms with Gasteiger partial charge in [0.05, 0.1) is 0 Å². The average Bonchev–Trinajstić information content (AvgIpc) is 2.16. The molecule has 1 rings (SSSR count). The summed E-state index contributed by atoms with van der Waals surface area (Å²) in [6, 6.07) is 6.94. The fraction of sp³-hybridized carbons (Fsp3) is 0.333. The summed E-state index contributed by atoms with van der Waals surface area (Å²) >= 11 is 0. The lowest BCUT2D eigenvalue weighted by atomic mass is 10.2. The van der Waals surface area contributed by atoms with Gasteiger partial charge in [-0.3, -0.25) is 9.59 Å². The lowest BCUT2D eigenvalue weighted by Crippen LogP contribution is -2.30. The van der Waals surface area contributed by atoms with Crippen LogP contribution >= 0.6 is 0 Å². The Hall–Kier alpha value is -1.84. The van der Waals surface area contributed by atoms with Gasteiger partial charge in [0.15, 0.2) is 0 Å². The molecule has 0 aliphatic carbocycles. The molecule has 0 aromatic heterocycles. The number of carbonyl (C=O) groups is 2. The topological polar surface area (TPSA) is 58.2 Å². The van der Waals surface area contributed by atoms with Crippen molar-refractivity contribution in [2.45, 2.75) is 26.8 Å². The van der Waals surface area contributed by atoms with Gasteiger partial charge in [-0.05, 0) is 32.0 Å². The molecule has 86 valence electrons. The smallest absolute Gasteiger partial charge is 0.251 e. The molecule has 0 bridgehead atoms. The highest BCUT2D eigenvalue weighted by atomic mass is 16.2. The minimum atomic E-state index is -0.151. The van der Waals surface area contributed by atoms with E-state index in [0.717, 1.165) is 0 Å². The predicted molar refractivity (Wildman–Crippen MR) is 63.3 cm³/mol. The van der Waals surface area contributed by atoms with Crippen LogP contribution in [0.3, 0.4) is 0 Å². The number of hydrogen-bond donors (Lipinski definition) is 2. The molecule has 1 aromatic rings. The van der Waals surface area contributed by atoms with Crippen molar-refractivity contribution in [1.29, 1.82) is 0 Å². The second kappa shape index (κ2) is 5.30. The van der Waals surface area contributed by atoms with Crippen LogP contribution in [0.1, 0.15) is 31.1 Å². The van der Waals surface area contributed by atoms with Crippen molar-refractivity contribution in [1.82, 2.24) is 5.32 Å². The number of hydrogen-bond acceptors (Lipinski definition) is 2. The van der Waals surface area contributed by atoms with Gasteiger partial charge in [-0.25, -0.2) is 0 Å². The Kier molecular flexibility index (Phi) is 4.05. The average molecular weight is 220 g/mol. The third kappa shape index (κ3) is 3.73. The summed E-state index contributed by atoms with van der Waals surface area (Å²) in [5.74, 6) is -0.288. The fourth-order valence-electron chi connectivity index (χ4n) is 1.29. The summed E-state index contributed by atoms with van der Waals surface area (Å²) in [4.78, 5) is 22.5. The van der Waals surface area contributed by atoms with Crippen LogP contribution in [-0.4, -0.2) is 17.9 Å². The van der Waals surface area contributed by atoms with E-state index < -0.39 is 0 Å². The van der Waals surface area contributed by atoms with Gasteiger partial charge in [0.25, 0.3) is 5.91 Å². The van der Waals surface area contributed by atoms with Crippen LogP contribution < -0.4 is 10.6 Å². The van der Waals surface area contributed by atoms with E-state index in [9.17, 15) is 9.59 Å². The Bertz CT molecular complexity index is 400. The SMILES string of the molecule is CC(=O)Nc1cccc(C(=O)NC(C)C)c1. The number of anilines is 1. The second-order valence-electron chi connectivity index (χ2n) is 3.89. The number of carbonyl (C=O) groups excluding carboxylic acids is 2. The molecule has 0 unspecified atom stereocenters. The quantitative estimate of drug-likeness (QED) is 0.815. The Morgan fingerprint density at radius 3 is 2.50 bits per heavy atom. The number of benzene rings is 1. The van der Waals surface area contributed by atoms with E-state index in [1.807, 2.05) is 13.8 Å². The minimum absolute atomic E-state index is 0.0944. The van der Waals surface area contributed by atoms with Crippen LogP contribution in [0.2, 0.25) is 0 Å². The van der Waals surface area contributed by atoms with Crippen molar-refractivity contribution in [2.75, 3.05) is 5.32 Å². The molecule has 0 spiro atoms. The molecule has 4 heteroatoms. The number of rotatable bonds is 3. The molecule has 4 nitrogen and oxygen atoms in total. The van der Waals surface area contributed by atoms with Crippen molar-refractivity contribution >= 4 is 17.5 Å². The van der Waals surface area contributed by atoms with E-state index in [-0.39, 0.29) is 17.9 Å². The van der Waals surface area contributed by atoms with Crippen LogP contribution in [0, 0.1) is 0 Å². The highest BCUT2D eigenvalue weighted by Gasteiger charge is 2.07. The van der Waals surface area contributed by atoms with Gasteiger partial charge >= 0.3 is 0 Å². The standard InChI is InChI=1S/C12H16N2O2/c1-8(2)13-12(16)10-5-4-6-11(7-10)14-9(3)15/h4-8H,1-3H3,(H,13,16)(H,14,15). The first kappa shape index (κ1) is 12.2. The second-order valence-corrected chi connectivity index (χ2v) is 3.89. The molecular formula is C12H16N2O2.